The van der Waals surface area contributed by atoms with Crippen LogP contribution in [0, 0.1) is 0 Å². The fraction of sp³-hybridized carbons (Fsp3) is 0.636. The van der Waals surface area contributed by atoms with Gasteiger partial charge >= 0.3 is 0 Å². The highest BCUT2D eigenvalue weighted by atomic mass is 15.2. The van der Waals surface area contributed by atoms with Gasteiger partial charge in [0.15, 0.2) is 11.6 Å². The first-order valence-corrected chi connectivity index (χ1v) is 5.70. The number of hydrogen-bond donors (Lipinski definition) is 2. The van der Waals surface area contributed by atoms with Gasteiger partial charge in [-0.15, -0.1) is 0 Å². The number of aromatic nitrogens is 2. The summed E-state index contributed by atoms with van der Waals surface area (Å²) in [7, 11) is 2.16. The molecule has 5 nitrogen and oxygen atoms in total. The molecule has 88 valence electrons. The molecule has 0 saturated carbocycles. The minimum atomic E-state index is 0.449. The van der Waals surface area contributed by atoms with E-state index in [1.807, 2.05) is 0 Å². The maximum atomic E-state index is 5.75. The van der Waals surface area contributed by atoms with Crippen LogP contribution in [-0.4, -0.2) is 40.5 Å². The zero-order chi connectivity index (χ0) is 11.5. The Morgan fingerprint density at radius 2 is 2.19 bits per heavy atom. The summed E-state index contributed by atoms with van der Waals surface area (Å²) in [6, 6.07) is 1.05. The lowest BCUT2D eigenvalue weighted by Crippen LogP contribution is -2.42. The number of anilines is 2. The molecule has 0 aliphatic carbocycles. The monoisotopic (exact) mass is 221 g/mol. The highest BCUT2D eigenvalue weighted by molar-refractivity contribution is 5.55. The van der Waals surface area contributed by atoms with Crippen molar-refractivity contribution in [3.8, 4) is 0 Å². The van der Waals surface area contributed by atoms with Crippen LogP contribution in [-0.2, 0) is 0 Å². The number of nitrogens with zero attached hydrogens (tertiary/aromatic N) is 3. The molecule has 5 heteroatoms. The van der Waals surface area contributed by atoms with Gasteiger partial charge in [-0.3, -0.25) is 0 Å². The molecule has 2 rings (SSSR count). The molecule has 2 unspecified atom stereocenters. The molecule has 1 saturated heterocycles. The lowest BCUT2D eigenvalue weighted by atomic mass is 9.99. The number of nitrogens with two attached hydrogens (primary N) is 1. The van der Waals surface area contributed by atoms with Gasteiger partial charge in [-0.05, 0) is 26.8 Å². The molecule has 0 spiro atoms. The molecular formula is C11H19N5. The third-order valence-electron chi connectivity index (χ3n) is 3.28. The van der Waals surface area contributed by atoms with Crippen molar-refractivity contribution in [2.75, 3.05) is 24.6 Å². The van der Waals surface area contributed by atoms with Crippen molar-refractivity contribution in [3.05, 3.63) is 12.4 Å². The fourth-order valence-electron chi connectivity index (χ4n) is 2.07. The summed E-state index contributed by atoms with van der Waals surface area (Å²) in [5.74, 6) is 1.19. The lowest BCUT2D eigenvalue weighted by Gasteiger charge is -2.35. The summed E-state index contributed by atoms with van der Waals surface area (Å²) < 4.78 is 0. The summed E-state index contributed by atoms with van der Waals surface area (Å²) >= 11 is 0. The largest absolute Gasteiger partial charge is 0.381 e. The summed E-state index contributed by atoms with van der Waals surface area (Å²) in [6.45, 7) is 3.35. The number of nitrogen functional groups attached to an aromatic ring is 1. The van der Waals surface area contributed by atoms with Gasteiger partial charge in [0, 0.05) is 31.0 Å². The van der Waals surface area contributed by atoms with E-state index in [1.54, 1.807) is 12.4 Å². The standard InChI is InChI=1S/C11H19N5/c1-8-7-9(3-6-16(8)2)15-11-10(12)13-4-5-14-11/h4-5,8-9H,3,6-7H2,1-2H3,(H2,12,13)(H,14,15). The third-order valence-corrected chi connectivity index (χ3v) is 3.28. The SMILES string of the molecule is CC1CC(Nc2nccnc2N)CCN1C. The first kappa shape index (κ1) is 11.1. The predicted molar refractivity (Wildman–Crippen MR) is 65.2 cm³/mol. The van der Waals surface area contributed by atoms with E-state index >= 15 is 0 Å². The lowest BCUT2D eigenvalue weighted by molar-refractivity contribution is 0.190. The van der Waals surface area contributed by atoms with Crippen molar-refractivity contribution in [2.45, 2.75) is 31.8 Å². The van der Waals surface area contributed by atoms with E-state index < -0.39 is 0 Å². The summed E-state index contributed by atoms with van der Waals surface area (Å²) in [5, 5.41) is 3.37. The molecule has 1 aliphatic rings. The van der Waals surface area contributed by atoms with E-state index in [-0.39, 0.29) is 0 Å². The van der Waals surface area contributed by atoms with Gasteiger partial charge in [0.25, 0.3) is 0 Å². The first-order valence-electron chi connectivity index (χ1n) is 5.70. The summed E-state index contributed by atoms with van der Waals surface area (Å²) in [5.41, 5.74) is 5.75. The summed E-state index contributed by atoms with van der Waals surface area (Å²) in [4.78, 5) is 10.6. The maximum Gasteiger partial charge on any atom is 0.169 e. The quantitative estimate of drug-likeness (QED) is 0.778. The van der Waals surface area contributed by atoms with Crippen LogP contribution in [0.1, 0.15) is 19.8 Å². The molecule has 0 radical (unpaired) electrons. The second kappa shape index (κ2) is 4.65. The second-order valence-corrected chi connectivity index (χ2v) is 4.49. The van der Waals surface area contributed by atoms with Gasteiger partial charge in [0.1, 0.15) is 0 Å². The van der Waals surface area contributed by atoms with Crippen molar-refractivity contribution in [1.82, 2.24) is 14.9 Å². The van der Waals surface area contributed by atoms with E-state index in [2.05, 4.69) is 34.2 Å². The Balaban J connectivity index is 1.98. The van der Waals surface area contributed by atoms with E-state index in [9.17, 15) is 0 Å². The number of hydrogen-bond acceptors (Lipinski definition) is 5. The summed E-state index contributed by atoms with van der Waals surface area (Å²) in [6.07, 6.45) is 5.51. The molecule has 1 aromatic heterocycles. The Hall–Kier alpha value is -1.36. The average molecular weight is 221 g/mol. The average Bonchev–Trinajstić information content (AvgIpc) is 2.27. The van der Waals surface area contributed by atoms with Crippen LogP contribution in [0.25, 0.3) is 0 Å². The number of nitrogens with one attached hydrogen (secondary N) is 1. The minimum absolute atomic E-state index is 0.449. The van der Waals surface area contributed by atoms with E-state index in [4.69, 9.17) is 5.73 Å². The van der Waals surface area contributed by atoms with Crippen LogP contribution < -0.4 is 11.1 Å². The molecule has 1 aromatic rings. The van der Waals surface area contributed by atoms with Gasteiger partial charge < -0.3 is 16.0 Å². The smallest absolute Gasteiger partial charge is 0.169 e. The van der Waals surface area contributed by atoms with Crippen molar-refractivity contribution >= 4 is 11.6 Å². The van der Waals surface area contributed by atoms with Gasteiger partial charge in [-0.2, -0.15) is 0 Å². The second-order valence-electron chi connectivity index (χ2n) is 4.49. The van der Waals surface area contributed by atoms with Crippen molar-refractivity contribution in [1.29, 1.82) is 0 Å². The van der Waals surface area contributed by atoms with Crippen LogP contribution in [0.2, 0.25) is 0 Å². The molecule has 2 heterocycles. The maximum absolute atomic E-state index is 5.75. The molecule has 1 aliphatic heterocycles. The van der Waals surface area contributed by atoms with E-state index in [0.29, 0.717) is 23.7 Å². The molecule has 1 fully saturated rings. The number of rotatable bonds is 2. The Morgan fingerprint density at radius 1 is 1.44 bits per heavy atom. The zero-order valence-corrected chi connectivity index (χ0v) is 9.85. The van der Waals surface area contributed by atoms with E-state index in [1.165, 1.54) is 0 Å². The van der Waals surface area contributed by atoms with E-state index in [0.717, 1.165) is 19.4 Å². The Kier molecular flexibility index (Phi) is 3.24. The van der Waals surface area contributed by atoms with Crippen molar-refractivity contribution in [2.24, 2.45) is 0 Å². The van der Waals surface area contributed by atoms with Crippen LogP contribution in [0.15, 0.2) is 12.4 Å². The van der Waals surface area contributed by atoms with Crippen LogP contribution in [0.3, 0.4) is 0 Å². The molecule has 0 aromatic carbocycles. The molecule has 0 amide bonds. The van der Waals surface area contributed by atoms with Crippen LogP contribution in [0.5, 0.6) is 0 Å². The fourth-order valence-corrected chi connectivity index (χ4v) is 2.07. The van der Waals surface area contributed by atoms with Gasteiger partial charge in [0.2, 0.25) is 0 Å². The topological polar surface area (TPSA) is 67.1 Å². The first-order chi connectivity index (χ1) is 7.66. The van der Waals surface area contributed by atoms with Gasteiger partial charge in [0.05, 0.1) is 0 Å². The van der Waals surface area contributed by atoms with Crippen molar-refractivity contribution < 1.29 is 0 Å². The Labute approximate surface area is 96.1 Å². The van der Waals surface area contributed by atoms with Crippen LogP contribution in [0.4, 0.5) is 11.6 Å². The van der Waals surface area contributed by atoms with Gasteiger partial charge in [-0.1, -0.05) is 0 Å². The Bertz CT molecular complexity index is 354. The highest BCUT2D eigenvalue weighted by Gasteiger charge is 2.23. The molecule has 0 bridgehead atoms. The van der Waals surface area contributed by atoms with Crippen LogP contribution >= 0.6 is 0 Å². The number of piperidine rings is 1. The molecule has 16 heavy (non-hydrogen) atoms. The highest BCUT2D eigenvalue weighted by Crippen LogP contribution is 2.20. The molecule has 2 atom stereocenters. The van der Waals surface area contributed by atoms with Crippen molar-refractivity contribution in [3.63, 3.8) is 0 Å². The third kappa shape index (κ3) is 2.41. The normalized spacial score (nSPS) is 26.6. The zero-order valence-electron chi connectivity index (χ0n) is 9.85. The minimum Gasteiger partial charge on any atom is -0.381 e. The number of likely N-dealkylation sites (tertiary alicyclic amines) is 1. The van der Waals surface area contributed by atoms with Gasteiger partial charge in [-0.25, -0.2) is 9.97 Å². The molecular weight excluding hydrogens is 202 g/mol. The molecule has 3 N–H and O–H groups in total. The Morgan fingerprint density at radius 3 is 2.88 bits per heavy atom. The predicted octanol–water partition coefficient (Wildman–Crippen LogP) is 0.953.